The molecule has 25 heavy (non-hydrogen) atoms. The number of aliphatic hydroxyl groups excluding tert-OH is 1. The minimum absolute atomic E-state index is 0.0137. The third-order valence-electron chi connectivity index (χ3n) is 6.63. The predicted octanol–water partition coefficient (Wildman–Crippen LogP) is 3.63. The zero-order valence-electron chi connectivity index (χ0n) is 15.4. The molecular weight excluding hydrogens is 320 g/mol. The number of aliphatic hydroxyl groups is 1. The van der Waals surface area contributed by atoms with E-state index in [9.17, 15) is 19.8 Å². The molecule has 0 unspecified atom stereocenters. The van der Waals surface area contributed by atoms with Crippen LogP contribution < -0.4 is 0 Å². The standard InChI is InChI=1S/C20H30O5/c1-12(9-17(22)23)5-7-15-13(2)6-8-16-19(15,3)10-14(21)11-20(16,4)18(24)25/h9,14-16,21H,2,5-8,10-11H2,1,3-4H3,(H,22,23)(H,24,25)/b12-9+/t14-,15+,16+,19+,20-/m1/s1. The summed E-state index contributed by atoms with van der Waals surface area (Å²) in [7, 11) is 0. The van der Waals surface area contributed by atoms with Gasteiger partial charge in [-0.2, -0.15) is 0 Å². The summed E-state index contributed by atoms with van der Waals surface area (Å²) in [4.78, 5) is 22.8. The lowest BCUT2D eigenvalue weighted by Gasteiger charge is -2.58. The monoisotopic (exact) mass is 350 g/mol. The van der Waals surface area contributed by atoms with Crippen LogP contribution >= 0.6 is 0 Å². The van der Waals surface area contributed by atoms with Gasteiger partial charge in [-0.25, -0.2) is 4.79 Å². The molecule has 2 fully saturated rings. The summed E-state index contributed by atoms with van der Waals surface area (Å²) in [6, 6.07) is 0. The molecule has 5 heteroatoms. The fourth-order valence-electron chi connectivity index (χ4n) is 5.51. The number of hydrogen-bond acceptors (Lipinski definition) is 3. The minimum atomic E-state index is -0.949. The van der Waals surface area contributed by atoms with Crippen molar-refractivity contribution in [2.24, 2.45) is 22.7 Å². The normalized spacial score (nSPS) is 39.0. The van der Waals surface area contributed by atoms with Gasteiger partial charge in [0.2, 0.25) is 0 Å². The van der Waals surface area contributed by atoms with Gasteiger partial charge in [-0.05, 0) is 69.6 Å². The Morgan fingerprint density at radius 3 is 2.48 bits per heavy atom. The number of hydrogen-bond donors (Lipinski definition) is 3. The van der Waals surface area contributed by atoms with Crippen molar-refractivity contribution >= 4 is 11.9 Å². The van der Waals surface area contributed by atoms with Gasteiger partial charge in [0.25, 0.3) is 0 Å². The first-order valence-corrected chi connectivity index (χ1v) is 9.00. The Morgan fingerprint density at radius 2 is 1.92 bits per heavy atom. The van der Waals surface area contributed by atoms with Crippen molar-refractivity contribution in [3.05, 3.63) is 23.8 Å². The first-order chi connectivity index (χ1) is 11.5. The second-order valence-corrected chi connectivity index (χ2v) is 8.46. The van der Waals surface area contributed by atoms with Crippen molar-refractivity contribution in [2.45, 2.75) is 65.4 Å². The van der Waals surface area contributed by atoms with Gasteiger partial charge in [-0.1, -0.05) is 24.6 Å². The quantitative estimate of drug-likeness (QED) is 0.520. The molecule has 2 saturated carbocycles. The number of aliphatic carboxylic acids is 2. The molecule has 2 aliphatic rings. The molecule has 0 radical (unpaired) electrons. The Hall–Kier alpha value is -1.62. The van der Waals surface area contributed by atoms with E-state index in [-0.39, 0.29) is 17.3 Å². The number of allylic oxidation sites excluding steroid dienone is 2. The highest BCUT2D eigenvalue weighted by Gasteiger charge is 2.59. The van der Waals surface area contributed by atoms with Crippen LogP contribution in [0.25, 0.3) is 0 Å². The molecule has 0 aromatic heterocycles. The lowest BCUT2D eigenvalue weighted by Crippen LogP contribution is -2.56. The fourth-order valence-corrected chi connectivity index (χ4v) is 5.51. The lowest BCUT2D eigenvalue weighted by molar-refractivity contribution is -0.173. The molecule has 5 nitrogen and oxygen atoms in total. The van der Waals surface area contributed by atoms with Gasteiger partial charge in [0.1, 0.15) is 0 Å². The van der Waals surface area contributed by atoms with E-state index in [1.807, 2.05) is 0 Å². The van der Waals surface area contributed by atoms with Crippen molar-refractivity contribution < 1.29 is 24.9 Å². The van der Waals surface area contributed by atoms with E-state index >= 15 is 0 Å². The third-order valence-corrected chi connectivity index (χ3v) is 6.63. The highest BCUT2D eigenvalue weighted by atomic mass is 16.4. The maximum absolute atomic E-state index is 12.0. The van der Waals surface area contributed by atoms with Crippen molar-refractivity contribution in [3.63, 3.8) is 0 Å². The summed E-state index contributed by atoms with van der Waals surface area (Å²) in [6.45, 7) is 9.88. The van der Waals surface area contributed by atoms with Crippen LogP contribution in [0.5, 0.6) is 0 Å². The Kier molecular flexibility index (Phi) is 5.47. The Labute approximate surface area is 149 Å². The zero-order valence-corrected chi connectivity index (χ0v) is 15.4. The Morgan fingerprint density at radius 1 is 1.28 bits per heavy atom. The molecule has 0 amide bonds. The van der Waals surface area contributed by atoms with E-state index in [0.717, 1.165) is 30.4 Å². The number of fused-ring (bicyclic) bond motifs is 1. The SMILES string of the molecule is C=C1CC[C@H]2[C@@](C)(C[C@@H](O)C[C@@]2(C)C(=O)O)[C@H]1CC/C(C)=C/C(=O)O. The highest BCUT2D eigenvalue weighted by molar-refractivity contribution is 5.80. The van der Waals surface area contributed by atoms with Crippen LogP contribution in [0.3, 0.4) is 0 Å². The zero-order chi connectivity index (χ0) is 19.0. The smallest absolute Gasteiger partial charge is 0.328 e. The van der Waals surface area contributed by atoms with Crippen LogP contribution in [-0.2, 0) is 9.59 Å². The van der Waals surface area contributed by atoms with E-state index in [2.05, 4.69) is 13.5 Å². The van der Waals surface area contributed by atoms with Crippen LogP contribution in [-0.4, -0.2) is 33.4 Å². The van der Waals surface area contributed by atoms with Crippen LogP contribution in [0.4, 0.5) is 0 Å². The van der Waals surface area contributed by atoms with Crippen LogP contribution in [0.2, 0.25) is 0 Å². The number of rotatable bonds is 5. The first-order valence-electron chi connectivity index (χ1n) is 9.00. The van der Waals surface area contributed by atoms with E-state index in [0.29, 0.717) is 19.3 Å². The molecule has 0 bridgehead atoms. The summed E-state index contributed by atoms with van der Waals surface area (Å²) in [5, 5.41) is 29.1. The van der Waals surface area contributed by atoms with Crippen LogP contribution in [0.1, 0.15) is 59.3 Å². The molecule has 2 rings (SSSR count). The van der Waals surface area contributed by atoms with Crippen LogP contribution in [0, 0.1) is 22.7 Å². The van der Waals surface area contributed by atoms with E-state index in [1.165, 1.54) is 6.08 Å². The van der Waals surface area contributed by atoms with Gasteiger partial charge >= 0.3 is 11.9 Å². The minimum Gasteiger partial charge on any atom is -0.481 e. The van der Waals surface area contributed by atoms with Gasteiger partial charge in [0.05, 0.1) is 11.5 Å². The number of carbonyl (C=O) groups is 2. The van der Waals surface area contributed by atoms with Crippen molar-refractivity contribution in [1.29, 1.82) is 0 Å². The van der Waals surface area contributed by atoms with Gasteiger partial charge in [0.15, 0.2) is 0 Å². The molecule has 2 aliphatic carbocycles. The average Bonchev–Trinajstić information content (AvgIpc) is 2.44. The Balaban J connectivity index is 2.31. The summed E-state index contributed by atoms with van der Waals surface area (Å²) in [5.74, 6) is -1.71. The second kappa shape index (κ2) is 6.94. The number of carboxylic acids is 2. The largest absolute Gasteiger partial charge is 0.481 e. The summed E-state index contributed by atoms with van der Waals surface area (Å²) in [5.41, 5.74) is 0.633. The molecule has 3 N–H and O–H groups in total. The molecule has 5 atom stereocenters. The van der Waals surface area contributed by atoms with Gasteiger partial charge in [-0.15, -0.1) is 0 Å². The van der Waals surface area contributed by atoms with Gasteiger partial charge in [0, 0.05) is 6.08 Å². The molecule has 140 valence electrons. The summed E-state index contributed by atoms with van der Waals surface area (Å²) < 4.78 is 0. The molecule has 0 aromatic carbocycles. The van der Waals surface area contributed by atoms with Crippen molar-refractivity contribution in [1.82, 2.24) is 0 Å². The number of carboxylic acid groups (broad SMARTS) is 2. The second-order valence-electron chi connectivity index (χ2n) is 8.46. The van der Waals surface area contributed by atoms with E-state index < -0.39 is 23.5 Å². The maximum atomic E-state index is 12.0. The predicted molar refractivity (Wildman–Crippen MR) is 95.1 cm³/mol. The highest BCUT2D eigenvalue weighted by Crippen LogP contribution is 2.62. The van der Waals surface area contributed by atoms with Gasteiger partial charge < -0.3 is 15.3 Å². The third kappa shape index (κ3) is 3.66. The average molecular weight is 350 g/mol. The summed E-state index contributed by atoms with van der Waals surface area (Å²) in [6.07, 6.45) is 4.42. The molecule has 0 spiro atoms. The molecule has 0 heterocycles. The van der Waals surface area contributed by atoms with E-state index in [1.54, 1.807) is 13.8 Å². The molecular formula is C20H30O5. The van der Waals surface area contributed by atoms with Gasteiger partial charge in [-0.3, -0.25) is 4.79 Å². The van der Waals surface area contributed by atoms with E-state index in [4.69, 9.17) is 5.11 Å². The topological polar surface area (TPSA) is 94.8 Å². The van der Waals surface area contributed by atoms with Crippen LogP contribution in [0.15, 0.2) is 23.8 Å². The Bertz CT molecular complexity index is 607. The van der Waals surface area contributed by atoms with Crippen molar-refractivity contribution in [2.75, 3.05) is 0 Å². The lowest BCUT2D eigenvalue weighted by atomic mass is 9.46. The molecule has 0 aliphatic heterocycles. The molecule has 0 aromatic rings. The fraction of sp³-hybridized carbons (Fsp3) is 0.700. The summed E-state index contributed by atoms with van der Waals surface area (Å²) >= 11 is 0. The molecule has 0 saturated heterocycles. The first kappa shape index (κ1) is 19.7. The van der Waals surface area contributed by atoms with Crippen molar-refractivity contribution in [3.8, 4) is 0 Å². The maximum Gasteiger partial charge on any atom is 0.328 e.